The summed E-state index contributed by atoms with van der Waals surface area (Å²) in [6.07, 6.45) is 0. The number of phenolic OH excluding ortho intramolecular Hbond substituents is 2. The number of nitrogens with two attached hydrogens (primary N) is 2. The number of sulfonamides is 2. The minimum absolute atomic E-state index is 0. The molecule has 25 heteroatoms. The molecule has 0 bridgehead atoms. The molecule has 4 aromatic carbocycles. The van der Waals surface area contributed by atoms with Gasteiger partial charge in [0.1, 0.15) is 28.2 Å². The molecule has 0 unspecified atom stereocenters. The topological polar surface area (TPSA) is 280 Å². The molecule has 0 aliphatic carbocycles. The summed E-state index contributed by atoms with van der Waals surface area (Å²) in [6, 6.07) is 17.6. The molecule has 18 nitrogen and oxygen atoms in total. The van der Waals surface area contributed by atoms with E-state index in [1.54, 1.807) is 13.8 Å². The van der Waals surface area contributed by atoms with Crippen LogP contribution < -0.4 is 51.0 Å². The molecule has 2 heterocycles. The van der Waals surface area contributed by atoms with Crippen molar-refractivity contribution < 1.29 is 74.0 Å². The van der Waals surface area contributed by atoms with Crippen LogP contribution in [0.5, 0.6) is 11.5 Å². The summed E-state index contributed by atoms with van der Waals surface area (Å²) in [6.45, 7) is 3.12. The van der Waals surface area contributed by atoms with Crippen molar-refractivity contribution in [3.63, 3.8) is 0 Å². The Morgan fingerprint density at radius 3 is 1.47 bits per heavy atom. The van der Waals surface area contributed by atoms with Gasteiger partial charge in [0.2, 0.25) is 20.0 Å². The minimum atomic E-state index is -3.85. The van der Waals surface area contributed by atoms with E-state index in [1.807, 2.05) is 0 Å². The van der Waals surface area contributed by atoms with Crippen molar-refractivity contribution in [3.05, 3.63) is 126 Å². The molecule has 0 saturated heterocycles. The van der Waals surface area contributed by atoms with Gasteiger partial charge in [0, 0.05) is 27.4 Å². The van der Waals surface area contributed by atoms with Crippen LogP contribution in [0.2, 0.25) is 15.1 Å². The first-order valence-electron chi connectivity index (χ1n) is 15.0. The normalized spacial score (nSPS) is 11.6. The first-order valence-corrected chi connectivity index (χ1v) is 19.3. The summed E-state index contributed by atoms with van der Waals surface area (Å²) in [4.78, 5) is 25.0. The van der Waals surface area contributed by atoms with Crippen molar-refractivity contribution >= 4 is 77.6 Å². The number of primary sulfonamides is 2. The van der Waals surface area contributed by atoms with Gasteiger partial charge >= 0.3 is 29.6 Å². The van der Waals surface area contributed by atoms with E-state index in [9.17, 15) is 36.6 Å². The van der Waals surface area contributed by atoms with Crippen LogP contribution in [-0.4, -0.2) is 46.6 Å². The molecule has 0 spiro atoms. The molecule has 0 atom stereocenters. The van der Waals surface area contributed by atoms with E-state index >= 15 is 0 Å². The van der Waals surface area contributed by atoms with Crippen molar-refractivity contribution in [2.45, 2.75) is 23.6 Å². The molecule has 2 aromatic heterocycles. The molecule has 0 aliphatic heterocycles. The zero-order valence-corrected chi connectivity index (χ0v) is 36.6. The summed E-state index contributed by atoms with van der Waals surface area (Å²) >= 11 is 17.5. The molecule has 0 aliphatic rings. The fraction of sp³-hybridized carbons (Fsp3) is 0.0625. The summed E-state index contributed by atoms with van der Waals surface area (Å²) in [5, 5.41) is 54.0. The van der Waals surface area contributed by atoms with Crippen LogP contribution in [0.15, 0.2) is 119 Å². The van der Waals surface area contributed by atoms with Gasteiger partial charge in [0.15, 0.2) is 5.75 Å². The second-order valence-electron chi connectivity index (χ2n) is 11.2. The second kappa shape index (κ2) is 19.1. The van der Waals surface area contributed by atoms with Crippen LogP contribution in [0.25, 0.3) is 11.4 Å². The Hall–Kier alpha value is -4.08. The largest absolute Gasteiger partial charge is 1.00 e. The fourth-order valence-electron chi connectivity index (χ4n) is 4.54. The molecule has 0 amide bonds. The molecular weight excluding hydrogens is 898 g/mol. The molecule has 6 aromatic rings. The van der Waals surface area contributed by atoms with Crippen molar-refractivity contribution in [1.29, 1.82) is 0 Å². The summed E-state index contributed by atoms with van der Waals surface area (Å²) in [5.41, 5.74) is 0.0956. The van der Waals surface area contributed by atoms with Gasteiger partial charge in [-0.2, -0.15) is 10.2 Å². The van der Waals surface area contributed by atoms with Gasteiger partial charge in [-0.25, -0.2) is 46.7 Å². The zero-order valence-electron chi connectivity index (χ0n) is 29.4. The number of azo groups is 2. The summed E-state index contributed by atoms with van der Waals surface area (Å²) in [7, 11) is -7.69. The Labute approximate surface area is 371 Å². The van der Waals surface area contributed by atoms with E-state index in [1.165, 1.54) is 78.9 Å². The molecule has 0 radical (unpaired) electrons. The Balaban J connectivity index is 0.000000295. The van der Waals surface area contributed by atoms with E-state index in [0.717, 1.165) is 9.36 Å². The van der Waals surface area contributed by atoms with E-state index < -0.39 is 31.2 Å². The second-order valence-corrected chi connectivity index (χ2v) is 15.6. The molecule has 57 heavy (non-hydrogen) atoms. The SMILES string of the molecule is Cc1nn(-c2ccc(S(N)(=O)=O)cc2)c(=O)[c-]1N=Nc1cc(Cl)cc(Cl)c1O.Cc1nn(-c2ccc(S(N)(=O)=O)cc2)c(=O)[c-]1N=Nc1cc(Cl)ccc1O.[Cr].[Na+]. The van der Waals surface area contributed by atoms with Gasteiger partial charge in [-0.3, -0.25) is 0 Å². The van der Waals surface area contributed by atoms with Crippen molar-refractivity contribution in [1.82, 2.24) is 19.6 Å². The number of halogens is 3. The smallest absolute Gasteiger partial charge is 0.506 e. The van der Waals surface area contributed by atoms with Gasteiger partial charge < -0.3 is 30.0 Å². The standard InChI is InChI=1S/C16H12Cl2N5O4S.C16H13ClN5O4S.Cr.Na/c1-8-14(21-20-13-7-9(17)6-12(18)15(13)24)16(25)23(22-8)10-2-4-11(5-3-10)28(19,26)27;1-9-15(20-19-13-8-10(17)2-7-14(13)23)16(24)22(21-9)11-3-5-12(6-4-11)27(18,25)26;;/h2-7,24H,1H3,(H2,19,26,27);2-8,23H,1H3,(H2,18,25,26);;/q2*-1;;+1. The number of phenols is 2. The quantitative estimate of drug-likeness (QED) is 0.0984. The first-order chi connectivity index (χ1) is 25.7. The Morgan fingerprint density at radius 2 is 1.05 bits per heavy atom. The van der Waals surface area contributed by atoms with Gasteiger partial charge in [-0.15, -0.1) is 11.4 Å². The van der Waals surface area contributed by atoms with Gasteiger partial charge in [0.05, 0.1) is 26.2 Å². The third-order valence-corrected chi connectivity index (χ3v) is 9.86. The maximum absolute atomic E-state index is 12.6. The molecular formula is C32H25Cl3CrN10NaO8S2-. The predicted octanol–water partition coefficient (Wildman–Crippen LogP) is 3.02. The number of nitrogens with zero attached hydrogens (tertiary/aromatic N) is 8. The van der Waals surface area contributed by atoms with Crippen LogP contribution in [0.3, 0.4) is 0 Å². The third kappa shape index (κ3) is 11.3. The van der Waals surface area contributed by atoms with E-state index in [2.05, 4.69) is 30.7 Å². The molecule has 6 rings (SSSR count). The van der Waals surface area contributed by atoms with E-state index in [4.69, 9.17) is 45.1 Å². The minimum Gasteiger partial charge on any atom is -0.506 e. The Kier molecular flexibility index (Phi) is 15.9. The third-order valence-electron chi connectivity index (χ3n) is 7.26. The Bertz CT molecular complexity index is 2850. The average Bonchev–Trinajstić information content (AvgIpc) is 3.57. The number of rotatable bonds is 8. The first kappa shape index (κ1) is 47.3. The number of aryl methyl sites for hydroxylation is 2. The number of aromatic nitrogens is 4. The van der Waals surface area contributed by atoms with Crippen LogP contribution in [0, 0.1) is 13.8 Å². The van der Waals surface area contributed by atoms with Crippen LogP contribution in [0.4, 0.5) is 22.7 Å². The molecule has 292 valence electrons. The summed E-state index contributed by atoms with van der Waals surface area (Å²) < 4.78 is 47.4. The molecule has 0 saturated carbocycles. The van der Waals surface area contributed by atoms with Crippen LogP contribution in [0.1, 0.15) is 11.4 Å². The van der Waals surface area contributed by atoms with Crippen molar-refractivity contribution in [3.8, 4) is 22.9 Å². The number of hydrogen-bond donors (Lipinski definition) is 4. The zero-order chi connectivity index (χ0) is 40.4. The van der Waals surface area contributed by atoms with Gasteiger partial charge in [-0.1, -0.05) is 60.0 Å². The van der Waals surface area contributed by atoms with E-state index in [0.29, 0.717) is 22.1 Å². The maximum Gasteiger partial charge on any atom is 1.00 e. The predicted molar refractivity (Wildman–Crippen MR) is 203 cm³/mol. The van der Waals surface area contributed by atoms with Gasteiger partial charge in [0.25, 0.3) is 0 Å². The summed E-state index contributed by atoms with van der Waals surface area (Å²) in [5.74, 6) is -0.467. The molecule has 6 N–H and O–H groups in total. The molecule has 0 fully saturated rings. The van der Waals surface area contributed by atoms with Crippen molar-refractivity contribution in [2.75, 3.05) is 0 Å². The maximum atomic E-state index is 12.6. The van der Waals surface area contributed by atoms with Crippen molar-refractivity contribution in [2.24, 2.45) is 30.7 Å². The fourth-order valence-corrected chi connectivity index (χ4v) is 6.22. The Morgan fingerprint density at radius 1 is 0.649 bits per heavy atom. The number of aromatic hydroxyl groups is 2. The number of hydrogen-bond acceptors (Lipinski definition) is 14. The average molecular weight is 923 g/mol. The van der Waals surface area contributed by atoms with E-state index in [-0.39, 0.29) is 107 Å². The van der Waals surface area contributed by atoms with Crippen LogP contribution >= 0.6 is 34.8 Å². The monoisotopic (exact) mass is 921 g/mol. The van der Waals surface area contributed by atoms with Gasteiger partial charge in [-0.05, 0) is 78.9 Å². The van der Waals surface area contributed by atoms with Crippen LogP contribution in [-0.2, 0) is 37.4 Å². The number of benzene rings is 4.